The average molecular weight is 258 g/mol. The molecule has 0 saturated carbocycles. The number of benzene rings is 1. The van der Waals surface area contributed by atoms with E-state index < -0.39 is 0 Å². The van der Waals surface area contributed by atoms with E-state index in [-0.39, 0.29) is 6.10 Å². The van der Waals surface area contributed by atoms with Crippen LogP contribution in [-0.4, -0.2) is 23.1 Å². The molecule has 19 heavy (non-hydrogen) atoms. The number of aromatic nitrogens is 2. The van der Waals surface area contributed by atoms with Crippen molar-refractivity contribution in [3.8, 4) is 5.75 Å². The van der Waals surface area contributed by atoms with Crippen LogP contribution in [0.15, 0.2) is 36.7 Å². The Bertz CT molecular complexity index is 525. The fourth-order valence-electron chi connectivity index (χ4n) is 1.58. The Hall–Kier alpha value is -2.30. The molecule has 0 amide bonds. The largest absolute Gasteiger partial charge is 0.491 e. The lowest BCUT2D eigenvalue weighted by atomic mass is 10.3. The Balaban J connectivity index is 2.06. The van der Waals surface area contributed by atoms with Gasteiger partial charge in [-0.15, -0.1) is 0 Å². The summed E-state index contributed by atoms with van der Waals surface area (Å²) >= 11 is 0. The lowest BCUT2D eigenvalue weighted by Gasteiger charge is -2.11. The molecule has 0 aliphatic rings. The van der Waals surface area contributed by atoms with Crippen LogP contribution in [0, 0.1) is 0 Å². The van der Waals surface area contributed by atoms with Crippen LogP contribution in [0.25, 0.3) is 0 Å². The van der Waals surface area contributed by atoms with Gasteiger partial charge in [0.2, 0.25) is 0 Å². The molecule has 0 radical (unpaired) electrons. The smallest absolute Gasteiger partial charge is 0.151 e. The number of hydrogen-bond acceptors (Lipinski definition) is 5. The molecule has 0 bridgehead atoms. The molecule has 0 atom stereocenters. The molecule has 0 fully saturated rings. The van der Waals surface area contributed by atoms with Gasteiger partial charge in [0.1, 0.15) is 11.6 Å². The van der Waals surface area contributed by atoms with Crippen molar-refractivity contribution < 1.29 is 4.74 Å². The molecule has 2 rings (SSSR count). The van der Waals surface area contributed by atoms with Crippen LogP contribution in [0.3, 0.4) is 0 Å². The normalized spacial score (nSPS) is 10.3. The summed E-state index contributed by atoms with van der Waals surface area (Å²) in [4.78, 5) is 8.44. The maximum absolute atomic E-state index is 5.59. The van der Waals surface area contributed by atoms with Crippen molar-refractivity contribution in [3.63, 3.8) is 0 Å². The number of nitrogens with zero attached hydrogens (tertiary/aromatic N) is 2. The van der Waals surface area contributed by atoms with Crippen LogP contribution in [-0.2, 0) is 0 Å². The molecule has 0 aliphatic heterocycles. The minimum atomic E-state index is 0.178. The van der Waals surface area contributed by atoms with E-state index in [1.54, 1.807) is 12.4 Å². The van der Waals surface area contributed by atoms with E-state index >= 15 is 0 Å². The van der Waals surface area contributed by atoms with E-state index in [1.165, 1.54) is 0 Å². The first-order chi connectivity index (χ1) is 9.17. The zero-order valence-electron chi connectivity index (χ0n) is 11.3. The Labute approximate surface area is 113 Å². The number of rotatable bonds is 5. The number of hydrogen-bond donors (Lipinski definition) is 2. The average Bonchev–Trinajstić information content (AvgIpc) is 2.41. The van der Waals surface area contributed by atoms with Crippen molar-refractivity contribution in [3.05, 3.63) is 36.7 Å². The maximum Gasteiger partial charge on any atom is 0.151 e. The highest BCUT2D eigenvalue weighted by Crippen LogP contribution is 2.19. The molecule has 0 spiro atoms. The number of nitrogens with one attached hydrogen (secondary N) is 2. The van der Waals surface area contributed by atoms with Crippen molar-refractivity contribution in [2.24, 2.45) is 0 Å². The van der Waals surface area contributed by atoms with E-state index in [0.29, 0.717) is 5.82 Å². The topological polar surface area (TPSA) is 59.1 Å². The summed E-state index contributed by atoms with van der Waals surface area (Å²) in [5, 5.41) is 6.14. The van der Waals surface area contributed by atoms with Gasteiger partial charge in [-0.2, -0.15) is 0 Å². The van der Waals surface area contributed by atoms with E-state index in [2.05, 4.69) is 20.6 Å². The van der Waals surface area contributed by atoms with Crippen LogP contribution in [0.1, 0.15) is 13.8 Å². The van der Waals surface area contributed by atoms with E-state index in [0.717, 1.165) is 17.3 Å². The summed E-state index contributed by atoms with van der Waals surface area (Å²) in [5.74, 6) is 2.28. The van der Waals surface area contributed by atoms with Crippen molar-refractivity contribution in [2.45, 2.75) is 20.0 Å². The molecule has 1 aromatic heterocycles. The molecule has 100 valence electrons. The third kappa shape index (κ3) is 3.84. The van der Waals surface area contributed by atoms with E-state index in [4.69, 9.17) is 4.74 Å². The first-order valence-corrected chi connectivity index (χ1v) is 6.21. The third-order valence-corrected chi connectivity index (χ3v) is 2.39. The van der Waals surface area contributed by atoms with Gasteiger partial charge in [-0.3, -0.25) is 4.98 Å². The van der Waals surface area contributed by atoms with E-state index in [1.807, 2.05) is 45.2 Å². The third-order valence-electron chi connectivity index (χ3n) is 2.39. The van der Waals surface area contributed by atoms with Gasteiger partial charge in [0.25, 0.3) is 0 Å². The highest BCUT2D eigenvalue weighted by atomic mass is 16.5. The highest BCUT2D eigenvalue weighted by molar-refractivity contribution is 5.57. The summed E-state index contributed by atoms with van der Waals surface area (Å²) in [6.07, 6.45) is 3.53. The van der Waals surface area contributed by atoms with E-state index in [9.17, 15) is 0 Å². The lowest BCUT2D eigenvalue weighted by molar-refractivity contribution is 0.242. The van der Waals surface area contributed by atoms with Gasteiger partial charge in [-0.1, -0.05) is 0 Å². The first-order valence-electron chi connectivity index (χ1n) is 6.21. The van der Waals surface area contributed by atoms with Crippen molar-refractivity contribution in [1.29, 1.82) is 0 Å². The summed E-state index contributed by atoms with van der Waals surface area (Å²) in [6, 6.07) is 7.76. The molecule has 2 N–H and O–H groups in total. The summed E-state index contributed by atoms with van der Waals surface area (Å²) in [7, 11) is 1.81. The predicted octanol–water partition coefficient (Wildman–Crippen LogP) is 3.05. The van der Waals surface area contributed by atoms with Gasteiger partial charge in [0.15, 0.2) is 5.82 Å². The molecule has 0 unspecified atom stereocenters. The second-order valence-corrected chi connectivity index (χ2v) is 4.36. The Kier molecular flexibility index (Phi) is 4.18. The fourth-order valence-corrected chi connectivity index (χ4v) is 1.58. The summed E-state index contributed by atoms with van der Waals surface area (Å²) in [5.41, 5.74) is 0.943. The fraction of sp³-hybridized carbons (Fsp3) is 0.286. The maximum atomic E-state index is 5.59. The Morgan fingerprint density at radius 2 is 1.74 bits per heavy atom. The highest BCUT2D eigenvalue weighted by Gasteiger charge is 2.00. The zero-order chi connectivity index (χ0) is 13.7. The summed E-state index contributed by atoms with van der Waals surface area (Å²) < 4.78 is 5.59. The van der Waals surface area contributed by atoms with Gasteiger partial charge in [-0.05, 0) is 38.1 Å². The molecular weight excluding hydrogens is 240 g/mol. The summed E-state index contributed by atoms with van der Waals surface area (Å²) in [6.45, 7) is 4.01. The number of anilines is 3. The van der Waals surface area contributed by atoms with Gasteiger partial charge in [0, 0.05) is 12.7 Å². The van der Waals surface area contributed by atoms with Crippen LogP contribution >= 0.6 is 0 Å². The van der Waals surface area contributed by atoms with Crippen molar-refractivity contribution in [2.75, 3.05) is 17.7 Å². The second kappa shape index (κ2) is 6.04. The Morgan fingerprint density at radius 3 is 2.37 bits per heavy atom. The van der Waals surface area contributed by atoms with Gasteiger partial charge in [0.05, 0.1) is 18.5 Å². The van der Waals surface area contributed by atoms with Gasteiger partial charge >= 0.3 is 0 Å². The van der Waals surface area contributed by atoms with Crippen molar-refractivity contribution >= 4 is 17.3 Å². The molecule has 1 aromatic carbocycles. The minimum absolute atomic E-state index is 0.178. The van der Waals surface area contributed by atoms with Gasteiger partial charge < -0.3 is 15.4 Å². The molecule has 5 nitrogen and oxygen atoms in total. The quantitative estimate of drug-likeness (QED) is 0.863. The van der Waals surface area contributed by atoms with Crippen LogP contribution < -0.4 is 15.4 Å². The predicted molar refractivity (Wildman–Crippen MR) is 77.1 cm³/mol. The SMILES string of the molecule is CNc1cncc(Nc2ccc(OC(C)C)cc2)n1. The van der Waals surface area contributed by atoms with Crippen LogP contribution in [0.4, 0.5) is 17.3 Å². The molecule has 1 heterocycles. The minimum Gasteiger partial charge on any atom is -0.491 e. The second-order valence-electron chi connectivity index (χ2n) is 4.36. The molecule has 5 heteroatoms. The molecule has 0 aliphatic carbocycles. The monoisotopic (exact) mass is 258 g/mol. The Morgan fingerprint density at radius 1 is 1.05 bits per heavy atom. The standard InChI is InChI=1S/C14H18N4O/c1-10(2)19-12-6-4-11(5-7-12)17-14-9-16-8-13(15-3)18-14/h4-10H,1-3H3,(H2,15,17,18). The van der Waals surface area contributed by atoms with Gasteiger partial charge in [-0.25, -0.2) is 4.98 Å². The molecular formula is C14H18N4O. The van der Waals surface area contributed by atoms with Crippen LogP contribution in [0.2, 0.25) is 0 Å². The molecule has 0 saturated heterocycles. The van der Waals surface area contributed by atoms with Crippen LogP contribution in [0.5, 0.6) is 5.75 Å². The lowest BCUT2D eigenvalue weighted by Crippen LogP contribution is -2.05. The molecule has 2 aromatic rings. The van der Waals surface area contributed by atoms with Crippen molar-refractivity contribution in [1.82, 2.24) is 9.97 Å². The zero-order valence-corrected chi connectivity index (χ0v) is 11.3. The first kappa shape index (κ1) is 13.1. The number of ether oxygens (including phenoxy) is 1.